The number of fused-ring (bicyclic) bond motifs is 6. The van der Waals surface area contributed by atoms with Crippen LogP contribution in [0.15, 0.2) is 111 Å². The molecule has 6 aromatic rings. The van der Waals surface area contributed by atoms with Crippen LogP contribution in [0.1, 0.15) is 24.0 Å². The number of hydrogen-bond acceptors (Lipinski definition) is 4. The molecule has 0 unspecified atom stereocenters. The molecule has 2 aromatic heterocycles. The van der Waals surface area contributed by atoms with E-state index in [1.54, 1.807) is 11.3 Å². The van der Waals surface area contributed by atoms with Crippen LogP contribution in [0.5, 0.6) is 0 Å². The van der Waals surface area contributed by atoms with Crippen molar-refractivity contribution in [1.82, 2.24) is 0 Å². The van der Waals surface area contributed by atoms with E-state index in [-0.39, 0.29) is 0 Å². The molecule has 5 heteroatoms. The lowest BCUT2D eigenvalue weighted by atomic mass is 10.0. The zero-order valence-corrected chi connectivity index (χ0v) is 20.2. The summed E-state index contributed by atoms with van der Waals surface area (Å²) >= 11 is 8.28. The number of benzene rings is 4. The van der Waals surface area contributed by atoms with E-state index in [0.29, 0.717) is 11.0 Å². The summed E-state index contributed by atoms with van der Waals surface area (Å²) in [6.45, 7) is 0. The van der Waals surface area contributed by atoms with Crippen molar-refractivity contribution in [2.45, 2.75) is 12.8 Å². The van der Waals surface area contributed by atoms with Gasteiger partial charge in [-0.15, -0.1) is 11.3 Å². The highest BCUT2D eigenvalue weighted by atomic mass is 35.5. The first kappa shape index (κ1) is 20.6. The van der Waals surface area contributed by atoms with Gasteiger partial charge in [0.1, 0.15) is 16.3 Å². The van der Waals surface area contributed by atoms with Gasteiger partial charge in [-0.05, 0) is 54.8 Å². The number of halogens is 1. The second-order valence-corrected chi connectivity index (χ2v) is 10.1. The van der Waals surface area contributed by atoms with Gasteiger partial charge in [0, 0.05) is 36.5 Å². The number of para-hydroxylation sites is 1. The Hall–Kier alpha value is -3.73. The number of aliphatic imine (C=N–C) groups is 2. The highest BCUT2D eigenvalue weighted by Crippen LogP contribution is 2.37. The van der Waals surface area contributed by atoms with Crippen molar-refractivity contribution in [3.8, 4) is 0 Å². The molecule has 35 heavy (non-hydrogen) atoms. The Kier molecular flexibility index (Phi) is 4.83. The highest BCUT2D eigenvalue weighted by Gasteiger charge is 2.17. The first-order valence-electron chi connectivity index (χ1n) is 11.6. The van der Waals surface area contributed by atoms with Gasteiger partial charge in [0.15, 0.2) is 5.84 Å². The molecule has 0 saturated carbocycles. The average molecular weight is 491 g/mol. The molecule has 0 fully saturated rings. The van der Waals surface area contributed by atoms with E-state index in [4.69, 9.17) is 26.0 Å². The Morgan fingerprint density at radius 2 is 1.54 bits per heavy atom. The van der Waals surface area contributed by atoms with Gasteiger partial charge in [0.05, 0.1) is 5.71 Å². The van der Waals surface area contributed by atoms with Crippen molar-refractivity contribution in [3.05, 3.63) is 107 Å². The van der Waals surface area contributed by atoms with Gasteiger partial charge in [-0.1, -0.05) is 66.2 Å². The fourth-order valence-electron chi connectivity index (χ4n) is 4.88. The van der Waals surface area contributed by atoms with Crippen LogP contribution >= 0.6 is 22.9 Å². The second-order valence-electron chi connectivity index (χ2n) is 8.65. The van der Waals surface area contributed by atoms with Gasteiger partial charge in [0.2, 0.25) is 0 Å². The topological polar surface area (TPSA) is 37.9 Å². The molecule has 1 aliphatic heterocycles. The summed E-state index contributed by atoms with van der Waals surface area (Å²) < 4.78 is 8.62. The van der Waals surface area contributed by atoms with Crippen molar-refractivity contribution < 1.29 is 4.42 Å². The second kappa shape index (κ2) is 8.19. The summed E-state index contributed by atoms with van der Waals surface area (Å²) in [5.41, 5.74) is 4.77. The minimum absolute atomic E-state index is 0.479. The maximum atomic E-state index is 6.49. The van der Waals surface area contributed by atoms with E-state index in [1.165, 1.54) is 20.2 Å². The fourth-order valence-corrected chi connectivity index (χ4v) is 6.20. The lowest BCUT2D eigenvalue weighted by molar-refractivity contribution is 0.669. The minimum Gasteiger partial charge on any atom is -0.456 e. The van der Waals surface area contributed by atoms with E-state index >= 15 is 0 Å². The summed E-state index contributed by atoms with van der Waals surface area (Å²) in [7, 11) is 0. The maximum Gasteiger partial charge on any atom is 0.161 e. The molecule has 1 aliphatic rings. The van der Waals surface area contributed by atoms with E-state index in [2.05, 4.69) is 66.7 Å². The minimum atomic E-state index is 0.479. The molecule has 168 valence electrons. The zero-order valence-electron chi connectivity index (χ0n) is 18.7. The Bertz CT molecular complexity index is 1870. The van der Waals surface area contributed by atoms with Crippen molar-refractivity contribution >= 4 is 76.6 Å². The summed E-state index contributed by atoms with van der Waals surface area (Å²) in [4.78, 5) is 9.88. The molecule has 3 nitrogen and oxygen atoms in total. The third kappa shape index (κ3) is 3.49. The molecule has 7 rings (SSSR count). The van der Waals surface area contributed by atoms with Crippen molar-refractivity contribution in [1.29, 1.82) is 0 Å². The van der Waals surface area contributed by atoms with Gasteiger partial charge >= 0.3 is 0 Å². The van der Waals surface area contributed by atoms with E-state index in [9.17, 15) is 0 Å². The fraction of sp³-hybridized carbons (Fsp3) is 0.0667. The molecule has 0 atom stereocenters. The molecule has 0 radical (unpaired) electrons. The van der Waals surface area contributed by atoms with Crippen LogP contribution in [0.2, 0.25) is 0 Å². The Balaban J connectivity index is 1.42. The third-order valence-electron chi connectivity index (χ3n) is 6.50. The Labute approximate surface area is 210 Å². The van der Waals surface area contributed by atoms with Crippen molar-refractivity contribution in [2.24, 2.45) is 9.98 Å². The Morgan fingerprint density at radius 3 is 2.49 bits per heavy atom. The van der Waals surface area contributed by atoms with Crippen LogP contribution in [0.4, 0.5) is 0 Å². The van der Waals surface area contributed by atoms with Crippen LogP contribution in [0.25, 0.3) is 42.1 Å². The number of furan rings is 1. The zero-order chi connectivity index (χ0) is 23.4. The standard InChI is InChI=1S/C30H19ClN2OS/c31-28-14-6-10-23(18-15-16-20-19-7-1-3-11-24(19)34-25(20)17-18)32-30(33-28)22-9-5-13-27-29(22)21-8-2-4-12-26(21)35-27/h1-5,7-9,11-17H,6,10H2/b28-14-,32-23-,33-30-. The SMILES string of the molecule is ClC1=C/CC/C(c2ccc3c(c2)oc2ccccc23)=N/C(c2cccc3sc4ccccc4c23)=N\1. The molecule has 0 aliphatic carbocycles. The van der Waals surface area contributed by atoms with Crippen molar-refractivity contribution in [3.63, 3.8) is 0 Å². The summed E-state index contributed by atoms with van der Waals surface area (Å²) in [6, 6.07) is 29.3. The van der Waals surface area contributed by atoms with Gasteiger partial charge in [0.25, 0.3) is 0 Å². The van der Waals surface area contributed by atoms with Gasteiger partial charge in [-0.25, -0.2) is 9.98 Å². The monoisotopic (exact) mass is 490 g/mol. The lowest BCUT2D eigenvalue weighted by Crippen LogP contribution is -2.09. The largest absolute Gasteiger partial charge is 0.456 e. The van der Waals surface area contributed by atoms with E-state index in [1.807, 2.05) is 24.3 Å². The molecule has 3 heterocycles. The maximum absolute atomic E-state index is 6.49. The third-order valence-corrected chi connectivity index (χ3v) is 7.88. The average Bonchev–Trinajstić information content (AvgIpc) is 3.43. The first-order valence-corrected chi connectivity index (χ1v) is 12.8. The molecule has 0 amide bonds. The summed E-state index contributed by atoms with van der Waals surface area (Å²) in [6.07, 6.45) is 3.52. The van der Waals surface area contributed by atoms with Crippen LogP contribution in [-0.2, 0) is 0 Å². The highest BCUT2D eigenvalue weighted by molar-refractivity contribution is 7.25. The van der Waals surface area contributed by atoms with Gasteiger partial charge in [-0.3, -0.25) is 0 Å². The summed E-state index contributed by atoms with van der Waals surface area (Å²) in [5.74, 6) is 0.639. The number of allylic oxidation sites excluding steroid dienone is 1. The quantitative estimate of drug-likeness (QED) is 0.223. The number of rotatable bonds is 2. The van der Waals surface area contributed by atoms with Crippen LogP contribution < -0.4 is 0 Å². The number of amidine groups is 1. The molecule has 0 N–H and O–H groups in total. The lowest BCUT2D eigenvalue weighted by Gasteiger charge is -2.12. The molecule has 0 bridgehead atoms. The first-order chi connectivity index (χ1) is 17.2. The van der Waals surface area contributed by atoms with Gasteiger partial charge in [-0.2, -0.15) is 0 Å². The normalized spacial score (nSPS) is 19.2. The smallest absolute Gasteiger partial charge is 0.161 e. The van der Waals surface area contributed by atoms with Crippen molar-refractivity contribution in [2.75, 3.05) is 0 Å². The van der Waals surface area contributed by atoms with Gasteiger partial charge < -0.3 is 4.42 Å². The predicted octanol–water partition coefficient (Wildman–Crippen LogP) is 9.06. The molecule has 4 aromatic carbocycles. The van der Waals surface area contributed by atoms with E-state index < -0.39 is 0 Å². The van der Waals surface area contributed by atoms with Crippen LogP contribution in [-0.4, -0.2) is 11.5 Å². The molecular formula is C30H19ClN2OS. The number of nitrogens with zero attached hydrogens (tertiary/aromatic N) is 2. The van der Waals surface area contributed by atoms with Crippen LogP contribution in [0.3, 0.4) is 0 Å². The molecular weight excluding hydrogens is 472 g/mol. The van der Waals surface area contributed by atoms with Crippen LogP contribution in [0, 0.1) is 0 Å². The molecule has 0 spiro atoms. The number of thiophene rings is 1. The summed E-state index contributed by atoms with van der Waals surface area (Å²) in [5, 5.41) is 5.11. The molecule has 0 saturated heterocycles. The Morgan fingerprint density at radius 1 is 0.743 bits per heavy atom. The number of hydrogen-bond donors (Lipinski definition) is 0. The van der Waals surface area contributed by atoms with E-state index in [0.717, 1.165) is 51.6 Å². The predicted molar refractivity (Wildman–Crippen MR) is 149 cm³/mol.